The topological polar surface area (TPSA) is 18.5 Å². The molecule has 0 saturated carbocycles. The van der Waals surface area contributed by atoms with Crippen LogP contribution < -0.4 is 0 Å². The Morgan fingerprint density at radius 2 is 2.44 bits per heavy atom. The average molecular weight is 166 g/mol. The summed E-state index contributed by atoms with van der Waals surface area (Å²) in [6, 6.07) is 1.38. The van der Waals surface area contributed by atoms with Crippen molar-refractivity contribution in [3.63, 3.8) is 0 Å². The minimum Gasteiger partial charge on any atom is -0.393 e. The fourth-order valence-corrected chi connectivity index (χ4v) is 2.57. The minimum atomic E-state index is -0.931. The number of halogens is 1. The highest BCUT2D eigenvalue weighted by molar-refractivity contribution is 6.45. The Hall–Kier alpha value is 0.427. The molecule has 1 aliphatic rings. The van der Waals surface area contributed by atoms with E-state index in [4.69, 9.17) is 20.5 Å². The van der Waals surface area contributed by atoms with E-state index in [9.17, 15) is 0 Å². The molecule has 1 saturated heterocycles. The van der Waals surface area contributed by atoms with Crippen molar-refractivity contribution in [2.45, 2.75) is 18.9 Å². The van der Waals surface area contributed by atoms with Crippen molar-refractivity contribution in [2.24, 2.45) is 0 Å². The predicted molar refractivity (Wildman–Crippen MR) is 37.6 cm³/mol. The molecule has 0 aromatic carbocycles. The average Bonchev–Trinajstić information content (AvgIpc) is 1.91. The Morgan fingerprint density at radius 1 is 1.56 bits per heavy atom. The summed E-state index contributed by atoms with van der Waals surface area (Å²) in [4.78, 5) is 0. The second kappa shape index (κ2) is 4.28. The number of hydrogen-bond donors (Lipinski definition) is 0. The van der Waals surface area contributed by atoms with Gasteiger partial charge in [0.15, 0.2) is 0 Å². The number of alkyl halides is 1. The second-order valence-electron chi connectivity index (χ2n) is 1.93. The van der Waals surface area contributed by atoms with Gasteiger partial charge in [-0.25, -0.2) is 0 Å². The standard InChI is InChI=1S/C5H10ClO2Si/c6-5-8-9-4-2-1-3-7-9/h1-5H2. The lowest BCUT2D eigenvalue weighted by Gasteiger charge is -2.17. The van der Waals surface area contributed by atoms with Gasteiger partial charge in [0.25, 0.3) is 0 Å². The van der Waals surface area contributed by atoms with Crippen molar-refractivity contribution >= 4 is 20.9 Å². The molecule has 0 aliphatic carbocycles. The van der Waals surface area contributed by atoms with E-state index in [1.54, 1.807) is 0 Å². The van der Waals surface area contributed by atoms with E-state index in [-0.39, 0.29) is 6.07 Å². The molecule has 0 aromatic heterocycles. The molecule has 1 rings (SSSR count). The van der Waals surface area contributed by atoms with Gasteiger partial charge in [-0.15, -0.1) is 0 Å². The summed E-state index contributed by atoms with van der Waals surface area (Å²) >= 11 is 5.36. The molecule has 0 N–H and O–H groups in total. The smallest absolute Gasteiger partial charge is 0.385 e. The van der Waals surface area contributed by atoms with E-state index in [1.807, 2.05) is 0 Å². The van der Waals surface area contributed by atoms with Gasteiger partial charge in [0.05, 0.1) is 0 Å². The quantitative estimate of drug-likeness (QED) is 0.456. The Morgan fingerprint density at radius 3 is 3.00 bits per heavy atom. The molecule has 53 valence electrons. The van der Waals surface area contributed by atoms with Crippen LogP contribution in [0.5, 0.6) is 0 Å². The van der Waals surface area contributed by atoms with Gasteiger partial charge in [0, 0.05) is 6.61 Å². The molecule has 4 heteroatoms. The Kier molecular flexibility index (Phi) is 3.58. The van der Waals surface area contributed by atoms with Gasteiger partial charge in [-0.2, -0.15) is 0 Å². The van der Waals surface area contributed by atoms with E-state index in [0.717, 1.165) is 12.7 Å². The van der Waals surface area contributed by atoms with Gasteiger partial charge >= 0.3 is 9.28 Å². The summed E-state index contributed by atoms with van der Waals surface area (Å²) in [6.07, 6.45) is 2.42. The molecular formula is C5H10ClO2Si. The largest absolute Gasteiger partial charge is 0.393 e. The van der Waals surface area contributed by atoms with Gasteiger partial charge in [0.1, 0.15) is 6.07 Å². The predicted octanol–water partition coefficient (Wildman–Crippen LogP) is 1.50. The fourth-order valence-electron chi connectivity index (χ4n) is 0.804. The molecule has 0 bridgehead atoms. The van der Waals surface area contributed by atoms with E-state index >= 15 is 0 Å². The number of hydrogen-bond acceptors (Lipinski definition) is 2. The summed E-state index contributed by atoms with van der Waals surface area (Å²) in [5, 5.41) is 0. The molecule has 0 atom stereocenters. The third-order valence-electron chi connectivity index (χ3n) is 1.25. The molecule has 1 heterocycles. The molecule has 1 aliphatic heterocycles. The van der Waals surface area contributed by atoms with E-state index < -0.39 is 9.28 Å². The van der Waals surface area contributed by atoms with Crippen molar-refractivity contribution in [3.05, 3.63) is 0 Å². The van der Waals surface area contributed by atoms with Crippen LogP contribution in [-0.4, -0.2) is 22.0 Å². The number of rotatable bonds is 2. The summed E-state index contributed by atoms with van der Waals surface area (Å²) in [5.74, 6) is 0. The lowest BCUT2D eigenvalue weighted by molar-refractivity contribution is 0.198. The maximum absolute atomic E-state index is 5.36. The molecule has 0 aromatic rings. The molecule has 9 heavy (non-hydrogen) atoms. The second-order valence-corrected chi connectivity index (χ2v) is 3.97. The molecule has 1 radical (unpaired) electrons. The van der Waals surface area contributed by atoms with Crippen molar-refractivity contribution in [1.29, 1.82) is 0 Å². The third kappa shape index (κ3) is 2.67. The van der Waals surface area contributed by atoms with E-state index in [1.165, 1.54) is 12.8 Å². The van der Waals surface area contributed by atoms with Gasteiger partial charge in [0.2, 0.25) is 0 Å². The summed E-state index contributed by atoms with van der Waals surface area (Å²) in [5.41, 5.74) is 0. The van der Waals surface area contributed by atoms with Crippen molar-refractivity contribution in [2.75, 3.05) is 12.7 Å². The van der Waals surface area contributed by atoms with Gasteiger partial charge in [-0.3, -0.25) is 0 Å². The van der Waals surface area contributed by atoms with Crippen LogP contribution >= 0.6 is 11.6 Å². The lowest BCUT2D eigenvalue weighted by atomic mass is 10.4. The van der Waals surface area contributed by atoms with Crippen molar-refractivity contribution in [3.8, 4) is 0 Å². The first-order valence-corrected chi connectivity index (χ1v) is 5.16. The van der Waals surface area contributed by atoms with Crippen LogP contribution in [0.15, 0.2) is 0 Å². The minimum absolute atomic E-state index is 0.286. The van der Waals surface area contributed by atoms with Crippen molar-refractivity contribution < 1.29 is 8.85 Å². The van der Waals surface area contributed by atoms with Crippen molar-refractivity contribution in [1.82, 2.24) is 0 Å². The summed E-state index contributed by atoms with van der Waals surface area (Å²) in [6.45, 7) is 0.866. The molecule has 2 nitrogen and oxygen atoms in total. The fraction of sp³-hybridized carbons (Fsp3) is 1.00. The maximum atomic E-state index is 5.36. The Labute approximate surface area is 61.9 Å². The van der Waals surface area contributed by atoms with Crippen LogP contribution in [-0.2, 0) is 8.85 Å². The van der Waals surface area contributed by atoms with E-state index in [2.05, 4.69) is 0 Å². The van der Waals surface area contributed by atoms with Crippen LogP contribution in [0.3, 0.4) is 0 Å². The Bertz CT molecular complexity index is 72.6. The van der Waals surface area contributed by atoms with Crippen LogP contribution in [0.4, 0.5) is 0 Å². The lowest BCUT2D eigenvalue weighted by Crippen LogP contribution is -2.26. The van der Waals surface area contributed by atoms with Crippen LogP contribution in [0, 0.1) is 0 Å². The first kappa shape index (κ1) is 7.53. The highest BCUT2D eigenvalue weighted by atomic mass is 35.5. The van der Waals surface area contributed by atoms with Crippen LogP contribution in [0.25, 0.3) is 0 Å². The van der Waals surface area contributed by atoms with Gasteiger partial charge in [-0.05, 0) is 18.9 Å². The zero-order valence-corrected chi connectivity index (χ0v) is 6.99. The molecule has 1 fully saturated rings. The normalized spacial score (nSPS) is 22.3. The van der Waals surface area contributed by atoms with Gasteiger partial charge in [-0.1, -0.05) is 11.6 Å². The summed E-state index contributed by atoms with van der Waals surface area (Å²) in [7, 11) is -0.931. The molecule has 0 amide bonds. The first-order chi connectivity index (χ1) is 4.43. The third-order valence-corrected chi connectivity index (χ3v) is 3.30. The first-order valence-electron chi connectivity index (χ1n) is 3.11. The molecule has 0 spiro atoms. The van der Waals surface area contributed by atoms with Crippen LogP contribution in [0.2, 0.25) is 6.04 Å². The maximum Gasteiger partial charge on any atom is 0.385 e. The zero-order valence-electron chi connectivity index (χ0n) is 5.23. The molecule has 0 unspecified atom stereocenters. The molecular weight excluding hydrogens is 156 g/mol. The zero-order chi connectivity index (χ0) is 6.53. The van der Waals surface area contributed by atoms with Gasteiger partial charge < -0.3 is 8.85 Å². The summed E-state index contributed by atoms with van der Waals surface area (Å²) < 4.78 is 10.4. The Balaban J connectivity index is 2.08. The highest BCUT2D eigenvalue weighted by Crippen LogP contribution is 2.11. The SMILES string of the molecule is ClCO[Si]1CCCCO1. The highest BCUT2D eigenvalue weighted by Gasteiger charge is 2.18. The monoisotopic (exact) mass is 165 g/mol. The van der Waals surface area contributed by atoms with Crippen LogP contribution in [0.1, 0.15) is 12.8 Å². The van der Waals surface area contributed by atoms with E-state index in [0.29, 0.717) is 0 Å².